The molecule has 0 radical (unpaired) electrons. The molecule has 1 amide bonds. The summed E-state index contributed by atoms with van der Waals surface area (Å²) in [7, 11) is 0. The van der Waals surface area contributed by atoms with Gasteiger partial charge in [0, 0.05) is 16.0 Å². The number of hydrogen-bond acceptors (Lipinski definition) is 1. The first-order valence-electron chi connectivity index (χ1n) is 5.25. The van der Waals surface area contributed by atoms with Gasteiger partial charge in [0.1, 0.15) is 0 Å². The summed E-state index contributed by atoms with van der Waals surface area (Å²) in [5.41, 5.74) is 2.04. The first kappa shape index (κ1) is 13.2. The van der Waals surface area contributed by atoms with E-state index in [-0.39, 0.29) is 5.91 Å². The second kappa shape index (κ2) is 6.68. The third-order valence-electron chi connectivity index (χ3n) is 2.04. The molecule has 1 aromatic rings. The van der Waals surface area contributed by atoms with Gasteiger partial charge in [0.15, 0.2) is 0 Å². The van der Waals surface area contributed by atoms with E-state index in [4.69, 9.17) is 0 Å². The van der Waals surface area contributed by atoms with Crippen molar-refractivity contribution in [1.29, 1.82) is 0 Å². The van der Waals surface area contributed by atoms with E-state index in [1.54, 1.807) is 0 Å². The normalized spacial score (nSPS) is 12.7. The molecule has 0 spiro atoms. The summed E-state index contributed by atoms with van der Waals surface area (Å²) in [6, 6.07) is 7.80. The van der Waals surface area contributed by atoms with Crippen LogP contribution in [0.2, 0.25) is 0 Å². The van der Waals surface area contributed by atoms with Gasteiger partial charge < -0.3 is 5.32 Å². The van der Waals surface area contributed by atoms with Crippen LogP contribution in [0.15, 0.2) is 36.4 Å². The lowest BCUT2D eigenvalue weighted by Gasteiger charge is -2.03. The fourth-order valence-corrected chi connectivity index (χ4v) is 1.51. The number of anilines is 1. The largest absolute Gasteiger partial charge is 0.326 e. The van der Waals surface area contributed by atoms with Gasteiger partial charge in [-0.25, -0.2) is 0 Å². The van der Waals surface area contributed by atoms with Crippen LogP contribution in [0.1, 0.15) is 18.9 Å². The predicted octanol–water partition coefficient (Wildman–Crippen LogP) is 3.70. The van der Waals surface area contributed by atoms with Gasteiger partial charge in [-0.15, -0.1) is 0 Å². The molecule has 0 aliphatic carbocycles. The first-order chi connectivity index (χ1) is 7.58. The van der Waals surface area contributed by atoms with E-state index in [2.05, 4.69) is 34.8 Å². The number of benzene rings is 1. The Hall–Kier alpha value is -0.840. The number of hydrogen-bond donors (Lipinski definition) is 1. The molecule has 0 heterocycles. The van der Waals surface area contributed by atoms with E-state index >= 15 is 0 Å². The minimum atomic E-state index is 0.0251. The molecule has 1 aromatic carbocycles. The number of rotatable bonds is 4. The van der Waals surface area contributed by atoms with Crippen molar-refractivity contribution in [3.63, 3.8) is 0 Å². The average Bonchev–Trinajstić information content (AvgIpc) is 2.21. The summed E-state index contributed by atoms with van der Waals surface area (Å²) in [6.07, 6.45) is 4.36. The van der Waals surface area contributed by atoms with Crippen LogP contribution in [0.4, 0.5) is 5.69 Å². The highest BCUT2D eigenvalue weighted by Gasteiger charge is 1.99. The Bertz CT molecular complexity index is 368. The molecule has 1 N–H and O–H groups in total. The quantitative estimate of drug-likeness (QED) is 0.509. The van der Waals surface area contributed by atoms with Gasteiger partial charge in [-0.3, -0.25) is 4.79 Å². The Labute approximate surface area is 110 Å². The van der Waals surface area contributed by atoms with Crippen LogP contribution in [0.25, 0.3) is 0 Å². The molecule has 0 fully saturated rings. The Balaban J connectivity index is 2.43. The maximum Gasteiger partial charge on any atom is 0.228 e. The van der Waals surface area contributed by atoms with E-state index in [9.17, 15) is 4.79 Å². The molecule has 3 heteroatoms. The molecule has 0 saturated carbocycles. The fourth-order valence-electron chi connectivity index (χ4n) is 1.21. The van der Waals surface area contributed by atoms with Gasteiger partial charge in [-0.05, 0) is 26.0 Å². The third kappa shape index (κ3) is 5.30. The van der Waals surface area contributed by atoms with Crippen molar-refractivity contribution >= 4 is 34.2 Å². The monoisotopic (exact) mass is 329 g/mol. The predicted molar refractivity (Wildman–Crippen MR) is 77.0 cm³/mol. The summed E-state index contributed by atoms with van der Waals surface area (Å²) in [6.45, 7) is 4.10. The summed E-state index contributed by atoms with van der Waals surface area (Å²) < 4.78 is 0.463. The highest BCUT2D eigenvalue weighted by molar-refractivity contribution is 14.1. The van der Waals surface area contributed by atoms with Crippen LogP contribution in [0, 0.1) is 6.92 Å². The zero-order valence-corrected chi connectivity index (χ0v) is 11.7. The maximum absolute atomic E-state index is 11.5. The maximum atomic E-state index is 11.5. The summed E-state index contributed by atoms with van der Waals surface area (Å²) >= 11 is 2.30. The molecule has 16 heavy (non-hydrogen) atoms. The van der Waals surface area contributed by atoms with Crippen molar-refractivity contribution in [3.8, 4) is 0 Å². The number of carbonyl (C=O) groups is 1. The minimum absolute atomic E-state index is 0.0251. The van der Waals surface area contributed by atoms with E-state index in [0.717, 1.165) is 5.69 Å². The van der Waals surface area contributed by atoms with Gasteiger partial charge in [0.25, 0.3) is 0 Å². The Morgan fingerprint density at radius 2 is 2.06 bits per heavy atom. The van der Waals surface area contributed by atoms with E-state index < -0.39 is 0 Å². The van der Waals surface area contributed by atoms with Crippen molar-refractivity contribution < 1.29 is 4.79 Å². The SMILES string of the molecule is Cc1ccc(NC(=O)C/C=C/C(C)I)cc1. The number of nitrogens with one attached hydrogen (secondary N) is 1. The molecule has 1 rings (SSSR count). The second-order valence-corrected chi connectivity index (χ2v) is 5.69. The Morgan fingerprint density at radius 1 is 1.44 bits per heavy atom. The highest BCUT2D eigenvalue weighted by Crippen LogP contribution is 2.09. The first-order valence-corrected chi connectivity index (χ1v) is 6.50. The van der Waals surface area contributed by atoms with Crippen molar-refractivity contribution in [2.75, 3.05) is 5.32 Å². The molecule has 1 unspecified atom stereocenters. The summed E-state index contributed by atoms with van der Waals surface area (Å²) in [5, 5.41) is 2.85. The van der Waals surface area contributed by atoms with Crippen LogP contribution < -0.4 is 5.32 Å². The van der Waals surface area contributed by atoms with Crippen molar-refractivity contribution in [2.24, 2.45) is 0 Å². The molecule has 0 saturated heterocycles. The molecule has 0 aliphatic rings. The fraction of sp³-hybridized carbons (Fsp3) is 0.308. The van der Waals surface area contributed by atoms with Gasteiger partial charge in [0.2, 0.25) is 5.91 Å². The summed E-state index contributed by atoms with van der Waals surface area (Å²) in [5.74, 6) is 0.0251. The van der Waals surface area contributed by atoms with E-state index in [1.165, 1.54) is 5.56 Å². The molecular weight excluding hydrogens is 313 g/mol. The molecule has 0 aliphatic heterocycles. The topological polar surface area (TPSA) is 29.1 Å². The Kier molecular flexibility index (Phi) is 5.52. The standard InChI is InChI=1S/C13H16INO/c1-10-6-8-12(9-7-10)15-13(16)5-3-4-11(2)14/h3-4,6-9,11H,5H2,1-2H3,(H,15,16)/b4-3+. The van der Waals surface area contributed by atoms with Gasteiger partial charge in [-0.2, -0.15) is 0 Å². The van der Waals surface area contributed by atoms with Gasteiger partial charge in [-0.1, -0.05) is 52.4 Å². The lowest BCUT2D eigenvalue weighted by Crippen LogP contribution is -2.09. The average molecular weight is 329 g/mol. The third-order valence-corrected chi connectivity index (χ3v) is 2.46. The van der Waals surface area contributed by atoms with Gasteiger partial charge >= 0.3 is 0 Å². The van der Waals surface area contributed by atoms with Crippen molar-refractivity contribution in [3.05, 3.63) is 42.0 Å². The lowest BCUT2D eigenvalue weighted by molar-refractivity contribution is -0.115. The van der Waals surface area contributed by atoms with Gasteiger partial charge in [0.05, 0.1) is 0 Å². The number of allylic oxidation sites excluding steroid dienone is 1. The van der Waals surface area contributed by atoms with Crippen LogP contribution in [-0.4, -0.2) is 9.83 Å². The number of halogens is 1. The van der Waals surface area contributed by atoms with Crippen LogP contribution in [0.5, 0.6) is 0 Å². The second-order valence-electron chi connectivity index (χ2n) is 3.72. The van der Waals surface area contributed by atoms with Crippen LogP contribution in [-0.2, 0) is 4.79 Å². The van der Waals surface area contributed by atoms with Crippen molar-refractivity contribution in [2.45, 2.75) is 24.2 Å². The molecule has 0 bridgehead atoms. The van der Waals surface area contributed by atoms with Crippen LogP contribution >= 0.6 is 22.6 Å². The van der Waals surface area contributed by atoms with Crippen molar-refractivity contribution in [1.82, 2.24) is 0 Å². The zero-order chi connectivity index (χ0) is 12.0. The minimum Gasteiger partial charge on any atom is -0.326 e. The molecule has 2 nitrogen and oxygen atoms in total. The number of amides is 1. The molecule has 86 valence electrons. The smallest absolute Gasteiger partial charge is 0.228 e. The van der Waals surface area contributed by atoms with E-state index in [0.29, 0.717) is 10.3 Å². The summed E-state index contributed by atoms with van der Waals surface area (Å²) in [4.78, 5) is 11.5. The highest BCUT2D eigenvalue weighted by atomic mass is 127. The zero-order valence-electron chi connectivity index (χ0n) is 9.53. The number of alkyl halides is 1. The Morgan fingerprint density at radius 3 is 2.62 bits per heavy atom. The lowest BCUT2D eigenvalue weighted by atomic mass is 10.2. The molecule has 0 aromatic heterocycles. The number of carbonyl (C=O) groups excluding carboxylic acids is 1. The molecule has 1 atom stereocenters. The van der Waals surface area contributed by atoms with E-state index in [1.807, 2.05) is 43.3 Å². The van der Waals surface area contributed by atoms with Crippen LogP contribution in [0.3, 0.4) is 0 Å². The molecular formula is C13H16INO. The number of aryl methyl sites for hydroxylation is 1.